The van der Waals surface area contributed by atoms with Gasteiger partial charge in [0, 0.05) is 22.7 Å². The first-order chi connectivity index (χ1) is 12.4. The van der Waals surface area contributed by atoms with E-state index in [9.17, 15) is 14.4 Å². The standard InChI is InChI=1S/C18H18BrN3O4/c1-26-16(23)8-6-13(20)18(25)22-14-7-5-11(19)10-12(14)17(24)15-4-2-3-9-21-15/h2-5,7,9-10,13H,6,8,20H2,1H3,(H,22,25). The Morgan fingerprint density at radius 3 is 2.69 bits per heavy atom. The molecular formula is C18H18BrN3O4. The lowest BCUT2D eigenvalue weighted by atomic mass is 10.0. The zero-order valence-electron chi connectivity index (χ0n) is 14.1. The number of ether oxygens (including phenoxy) is 1. The number of pyridine rings is 1. The van der Waals surface area contributed by atoms with Gasteiger partial charge in [0.15, 0.2) is 0 Å². The predicted molar refractivity (Wildman–Crippen MR) is 99.7 cm³/mol. The van der Waals surface area contributed by atoms with Crippen LogP contribution in [0.3, 0.4) is 0 Å². The predicted octanol–water partition coefficient (Wildman–Crippen LogP) is 2.29. The first-order valence-electron chi connectivity index (χ1n) is 7.81. The Labute approximate surface area is 159 Å². The van der Waals surface area contributed by atoms with E-state index in [2.05, 4.69) is 31.0 Å². The molecule has 1 unspecified atom stereocenters. The highest BCUT2D eigenvalue weighted by Gasteiger charge is 2.20. The molecule has 1 heterocycles. The summed E-state index contributed by atoms with van der Waals surface area (Å²) in [6.07, 6.45) is 1.69. The molecule has 0 aliphatic heterocycles. The number of hydrogen-bond donors (Lipinski definition) is 2. The first kappa shape index (κ1) is 19.7. The Morgan fingerprint density at radius 2 is 2.04 bits per heavy atom. The van der Waals surface area contributed by atoms with Crippen LogP contribution in [0.2, 0.25) is 0 Å². The van der Waals surface area contributed by atoms with Gasteiger partial charge in [-0.3, -0.25) is 19.4 Å². The van der Waals surface area contributed by atoms with E-state index in [1.54, 1.807) is 36.4 Å². The third kappa shape index (κ3) is 5.21. The van der Waals surface area contributed by atoms with Crippen molar-refractivity contribution in [3.63, 3.8) is 0 Å². The molecule has 26 heavy (non-hydrogen) atoms. The van der Waals surface area contributed by atoms with Crippen LogP contribution in [0.5, 0.6) is 0 Å². The van der Waals surface area contributed by atoms with Crippen LogP contribution in [0.15, 0.2) is 47.1 Å². The molecule has 0 fully saturated rings. The van der Waals surface area contributed by atoms with E-state index in [1.807, 2.05) is 0 Å². The van der Waals surface area contributed by atoms with Gasteiger partial charge in [0.2, 0.25) is 11.7 Å². The maximum absolute atomic E-state index is 12.7. The molecule has 1 amide bonds. The van der Waals surface area contributed by atoms with E-state index < -0.39 is 17.9 Å². The first-order valence-corrected chi connectivity index (χ1v) is 8.60. The smallest absolute Gasteiger partial charge is 0.305 e. The lowest BCUT2D eigenvalue weighted by Gasteiger charge is -2.14. The summed E-state index contributed by atoms with van der Waals surface area (Å²) in [5, 5.41) is 2.64. The van der Waals surface area contributed by atoms with E-state index in [-0.39, 0.29) is 29.9 Å². The molecule has 0 aliphatic carbocycles. The summed E-state index contributed by atoms with van der Waals surface area (Å²) in [5.41, 5.74) is 6.67. The Balaban J connectivity index is 2.18. The fourth-order valence-electron chi connectivity index (χ4n) is 2.18. The van der Waals surface area contributed by atoms with Gasteiger partial charge >= 0.3 is 5.97 Å². The number of nitrogens with two attached hydrogens (primary N) is 1. The van der Waals surface area contributed by atoms with Crippen LogP contribution in [0.4, 0.5) is 5.69 Å². The number of esters is 1. The van der Waals surface area contributed by atoms with Gasteiger partial charge < -0.3 is 15.8 Å². The lowest BCUT2D eigenvalue weighted by molar-refractivity contribution is -0.140. The highest BCUT2D eigenvalue weighted by atomic mass is 79.9. The van der Waals surface area contributed by atoms with Gasteiger partial charge in [-0.25, -0.2) is 0 Å². The molecule has 1 aromatic heterocycles. The lowest BCUT2D eigenvalue weighted by Crippen LogP contribution is -2.36. The molecule has 0 saturated carbocycles. The van der Waals surface area contributed by atoms with Crippen molar-refractivity contribution in [1.29, 1.82) is 0 Å². The number of carbonyl (C=O) groups is 3. The number of aromatic nitrogens is 1. The average molecular weight is 420 g/mol. The average Bonchev–Trinajstić information content (AvgIpc) is 2.67. The van der Waals surface area contributed by atoms with Crippen LogP contribution in [0.1, 0.15) is 28.9 Å². The molecule has 0 spiro atoms. The molecular weight excluding hydrogens is 402 g/mol. The summed E-state index contributed by atoms with van der Waals surface area (Å²) >= 11 is 3.32. The number of ketones is 1. The van der Waals surface area contributed by atoms with Crippen molar-refractivity contribution in [2.75, 3.05) is 12.4 Å². The van der Waals surface area contributed by atoms with Gasteiger partial charge in [0.25, 0.3) is 0 Å². The molecule has 0 aliphatic rings. The van der Waals surface area contributed by atoms with Crippen LogP contribution in [0.25, 0.3) is 0 Å². The second kappa shape index (κ2) is 9.21. The normalized spacial score (nSPS) is 11.5. The van der Waals surface area contributed by atoms with Gasteiger partial charge in [0.05, 0.1) is 18.8 Å². The highest BCUT2D eigenvalue weighted by Crippen LogP contribution is 2.23. The third-order valence-electron chi connectivity index (χ3n) is 3.61. The number of hydrogen-bond acceptors (Lipinski definition) is 6. The van der Waals surface area contributed by atoms with E-state index in [0.717, 1.165) is 0 Å². The Morgan fingerprint density at radius 1 is 1.27 bits per heavy atom. The quantitative estimate of drug-likeness (QED) is 0.525. The number of rotatable bonds is 7. The minimum absolute atomic E-state index is 0.0329. The van der Waals surface area contributed by atoms with Crippen LogP contribution in [-0.4, -0.2) is 35.8 Å². The largest absolute Gasteiger partial charge is 0.469 e. The van der Waals surface area contributed by atoms with Crippen molar-refractivity contribution in [2.24, 2.45) is 5.73 Å². The van der Waals surface area contributed by atoms with Crippen LogP contribution in [0, 0.1) is 0 Å². The molecule has 0 radical (unpaired) electrons. The zero-order chi connectivity index (χ0) is 19.1. The fraction of sp³-hybridized carbons (Fsp3) is 0.222. The molecule has 0 saturated heterocycles. The molecule has 8 heteroatoms. The number of nitrogens with one attached hydrogen (secondary N) is 1. The molecule has 1 atom stereocenters. The van der Waals surface area contributed by atoms with E-state index in [0.29, 0.717) is 10.2 Å². The van der Waals surface area contributed by atoms with Crippen molar-refractivity contribution in [1.82, 2.24) is 4.98 Å². The van der Waals surface area contributed by atoms with E-state index >= 15 is 0 Å². The maximum atomic E-state index is 12.7. The molecule has 2 aromatic rings. The summed E-state index contributed by atoms with van der Waals surface area (Å²) in [7, 11) is 1.27. The van der Waals surface area contributed by atoms with Crippen molar-refractivity contribution >= 4 is 39.3 Å². The van der Waals surface area contributed by atoms with E-state index in [1.165, 1.54) is 13.3 Å². The van der Waals surface area contributed by atoms with Crippen molar-refractivity contribution in [2.45, 2.75) is 18.9 Å². The highest BCUT2D eigenvalue weighted by molar-refractivity contribution is 9.10. The number of benzene rings is 1. The second-order valence-electron chi connectivity index (χ2n) is 5.44. The van der Waals surface area contributed by atoms with Crippen molar-refractivity contribution < 1.29 is 19.1 Å². The zero-order valence-corrected chi connectivity index (χ0v) is 15.7. The molecule has 2 rings (SSSR count). The van der Waals surface area contributed by atoms with Gasteiger partial charge in [-0.2, -0.15) is 0 Å². The topological polar surface area (TPSA) is 111 Å². The number of methoxy groups -OCH3 is 1. The number of amides is 1. The van der Waals surface area contributed by atoms with E-state index in [4.69, 9.17) is 5.73 Å². The maximum Gasteiger partial charge on any atom is 0.305 e. The molecule has 7 nitrogen and oxygen atoms in total. The van der Waals surface area contributed by atoms with Gasteiger partial charge in [0.1, 0.15) is 5.69 Å². The summed E-state index contributed by atoms with van der Waals surface area (Å²) in [6.45, 7) is 0. The Hall–Kier alpha value is -2.58. The summed E-state index contributed by atoms with van der Waals surface area (Å²) in [4.78, 5) is 40.2. The van der Waals surface area contributed by atoms with Gasteiger partial charge in [-0.05, 0) is 36.8 Å². The number of nitrogens with zero attached hydrogens (tertiary/aromatic N) is 1. The monoisotopic (exact) mass is 419 g/mol. The Kier molecular flexibility index (Phi) is 6.99. The third-order valence-corrected chi connectivity index (χ3v) is 4.10. The fourth-order valence-corrected chi connectivity index (χ4v) is 2.54. The van der Waals surface area contributed by atoms with Crippen LogP contribution < -0.4 is 11.1 Å². The number of anilines is 1. The van der Waals surface area contributed by atoms with Crippen LogP contribution in [-0.2, 0) is 14.3 Å². The summed E-state index contributed by atoms with van der Waals surface area (Å²) in [6, 6.07) is 9.01. The minimum atomic E-state index is -0.907. The van der Waals surface area contributed by atoms with Crippen LogP contribution >= 0.6 is 15.9 Å². The number of carbonyl (C=O) groups excluding carboxylic acids is 3. The summed E-state index contributed by atoms with van der Waals surface area (Å²) in [5.74, 6) is -1.26. The minimum Gasteiger partial charge on any atom is -0.469 e. The SMILES string of the molecule is COC(=O)CCC(N)C(=O)Nc1ccc(Br)cc1C(=O)c1ccccn1. The van der Waals surface area contributed by atoms with Gasteiger partial charge in [-0.15, -0.1) is 0 Å². The second-order valence-corrected chi connectivity index (χ2v) is 6.36. The molecule has 1 aromatic carbocycles. The van der Waals surface area contributed by atoms with Crippen molar-refractivity contribution in [3.05, 3.63) is 58.3 Å². The number of halogens is 1. The molecule has 136 valence electrons. The Bertz CT molecular complexity index is 811. The molecule has 3 N–H and O–H groups in total. The molecule has 0 bridgehead atoms. The summed E-state index contributed by atoms with van der Waals surface area (Å²) < 4.78 is 5.21. The van der Waals surface area contributed by atoms with Crippen molar-refractivity contribution in [3.8, 4) is 0 Å². The van der Waals surface area contributed by atoms with Gasteiger partial charge in [-0.1, -0.05) is 22.0 Å².